The van der Waals surface area contributed by atoms with E-state index in [0.717, 1.165) is 18.4 Å². The average Bonchev–Trinajstić information content (AvgIpc) is 2.48. The number of hydrogen-bond acceptors (Lipinski definition) is 2. The summed E-state index contributed by atoms with van der Waals surface area (Å²) in [6.45, 7) is 4.71. The van der Waals surface area contributed by atoms with Crippen molar-refractivity contribution >= 4 is 12.0 Å². The summed E-state index contributed by atoms with van der Waals surface area (Å²) in [5.74, 6) is -0.607. The molecule has 0 aliphatic heterocycles. The van der Waals surface area contributed by atoms with Gasteiger partial charge in [0.15, 0.2) is 0 Å². The van der Waals surface area contributed by atoms with Crippen LogP contribution in [0, 0.1) is 5.92 Å². The Balaban J connectivity index is 2.50. The number of amides is 2. The minimum atomic E-state index is -1.03. The number of carbonyl (C=O) groups is 2. The Labute approximate surface area is 125 Å². The maximum atomic E-state index is 11.8. The van der Waals surface area contributed by atoms with Crippen molar-refractivity contribution < 1.29 is 14.7 Å². The summed E-state index contributed by atoms with van der Waals surface area (Å²) in [7, 11) is 0. The van der Waals surface area contributed by atoms with Gasteiger partial charge in [0.2, 0.25) is 0 Å². The SMILES string of the molecule is CCC(CC)CNC(=O)N[C@@H](Cc1ccccc1)C(=O)O. The fraction of sp³-hybridized carbons (Fsp3) is 0.500. The van der Waals surface area contributed by atoms with Crippen LogP contribution < -0.4 is 10.6 Å². The second kappa shape index (κ2) is 9.00. The lowest BCUT2D eigenvalue weighted by Crippen LogP contribution is -2.48. The molecule has 5 nitrogen and oxygen atoms in total. The predicted molar refractivity (Wildman–Crippen MR) is 82.2 cm³/mol. The first-order valence-electron chi connectivity index (χ1n) is 7.37. The van der Waals surface area contributed by atoms with Crippen molar-refractivity contribution in [2.45, 2.75) is 39.2 Å². The molecule has 1 rings (SSSR count). The molecule has 5 heteroatoms. The van der Waals surface area contributed by atoms with Crippen LogP contribution in [0.15, 0.2) is 30.3 Å². The van der Waals surface area contributed by atoms with Gasteiger partial charge in [-0.15, -0.1) is 0 Å². The highest BCUT2D eigenvalue weighted by Gasteiger charge is 2.20. The summed E-state index contributed by atoms with van der Waals surface area (Å²) in [4.78, 5) is 23.0. The van der Waals surface area contributed by atoms with Crippen LogP contribution in [-0.4, -0.2) is 29.7 Å². The van der Waals surface area contributed by atoms with Gasteiger partial charge in [0, 0.05) is 13.0 Å². The summed E-state index contributed by atoms with van der Waals surface area (Å²) in [6.07, 6.45) is 2.25. The Bertz CT molecular complexity index is 444. The van der Waals surface area contributed by atoms with Crippen LogP contribution in [0.3, 0.4) is 0 Å². The molecule has 1 aromatic carbocycles. The van der Waals surface area contributed by atoms with Gasteiger partial charge in [-0.3, -0.25) is 0 Å². The third-order valence-electron chi connectivity index (χ3n) is 3.59. The number of aliphatic carboxylic acids is 1. The lowest BCUT2D eigenvalue weighted by atomic mass is 10.0. The highest BCUT2D eigenvalue weighted by molar-refractivity contribution is 5.82. The van der Waals surface area contributed by atoms with E-state index in [1.807, 2.05) is 30.3 Å². The van der Waals surface area contributed by atoms with Gasteiger partial charge >= 0.3 is 12.0 Å². The van der Waals surface area contributed by atoms with Crippen LogP contribution in [0.2, 0.25) is 0 Å². The molecular weight excluding hydrogens is 268 g/mol. The molecule has 0 heterocycles. The molecule has 0 fully saturated rings. The summed E-state index contributed by atoms with van der Waals surface area (Å²) >= 11 is 0. The zero-order chi connectivity index (χ0) is 15.7. The van der Waals surface area contributed by atoms with Crippen molar-refractivity contribution in [3.8, 4) is 0 Å². The zero-order valence-corrected chi connectivity index (χ0v) is 12.6. The van der Waals surface area contributed by atoms with Gasteiger partial charge in [-0.1, -0.05) is 57.0 Å². The van der Waals surface area contributed by atoms with Crippen molar-refractivity contribution in [1.82, 2.24) is 10.6 Å². The van der Waals surface area contributed by atoms with Crippen LogP contribution >= 0.6 is 0 Å². The first-order valence-corrected chi connectivity index (χ1v) is 7.37. The number of nitrogens with one attached hydrogen (secondary N) is 2. The molecule has 1 aromatic rings. The van der Waals surface area contributed by atoms with Crippen molar-refractivity contribution in [3.05, 3.63) is 35.9 Å². The van der Waals surface area contributed by atoms with Crippen molar-refractivity contribution in [3.63, 3.8) is 0 Å². The molecule has 0 radical (unpaired) electrons. The van der Waals surface area contributed by atoms with Gasteiger partial charge in [0.1, 0.15) is 6.04 Å². The van der Waals surface area contributed by atoms with E-state index in [1.165, 1.54) is 0 Å². The normalized spacial score (nSPS) is 12.0. The monoisotopic (exact) mass is 292 g/mol. The minimum absolute atomic E-state index is 0.272. The maximum absolute atomic E-state index is 11.8. The second-order valence-corrected chi connectivity index (χ2v) is 5.12. The Morgan fingerprint density at radius 2 is 1.76 bits per heavy atom. The molecule has 0 spiro atoms. The molecule has 0 saturated carbocycles. The van der Waals surface area contributed by atoms with Gasteiger partial charge in [0.25, 0.3) is 0 Å². The number of carboxylic acid groups (broad SMARTS) is 1. The molecule has 3 N–H and O–H groups in total. The molecule has 0 aliphatic carbocycles. The van der Waals surface area contributed by atoms with Gasteiger partial charge in [0.05, 0.1) is 0 Å². The highest BCUT2D eigenvalue weighted by atomic mass is 16.4. The number of carboxylic acids is 1. The van der Waals surface area contributed by atoms with Crippen LogP contribution in [-0.2, 0) is 11.2 Å². The Morgan fingerprint density at radius 3 is 2.29 bits per heavy atom. The molecule has 116 valence electrons. The fourth-order valence-corrected chi connectivity index (χ4v) is 2.07. The van der Waals surface area contributed by atoms with Crippen LogP contribution in [0.5, 0.6) is 0 Å². The van der Waals surface area contributed by atoms with E-state index < -0.39 is 18.0 Å². The molecule has 0 aromatic heterocycles. The second-order valence-electron chi connectivity index (χ2n) is 5.12. The van der Waals surface area contributed by atoms with Crippen molar-refractivity contribution in [2.75, 3.05) is 6.54 Å². The number of carbonyl (C=O) groups excluding carboxylic acids is 1. The number of hydrogen-bond donors (Lipinski definition) is 3. The molecule has 0 saturated heterocycles. The van der Waals surface area contributed by atoms with E-state index in [2.05, 4.69) is 24.5 Å². The maximum Gasteiger partial charge on any atom is 0.326 e. The predicted octanol–water partition coefficient (Wildman–Crippen LogP) is 2.42. The van der Waals surface area contributed by atoms with E-state index in [9.17, 15) is 14.7 Å². The van der Waals surface area contributed by atoms with Crippen molar-refractivity contribution in [1.29, 1.82) is 0 Å². The van der Waals surface area contributed by atoms with E-state index in [-0.39, 0.29) is 6.42 Å². The summed E-state index contributed by atoms with van der Waals surface area (Å²) in [6, 6.07) is 7.91. The fourth-order valence-electron chi connectivity index (χ4n) is 2.07. The quantitative estimate of drug-likeness (QED) is 0.688. The molecular formula is C16H24N2O3. The van der Waals surface area contributed by atoms with Gasteiger partial charge in [-0.05, 0) is 11.5 Å². The Hall–Kier alpha value is -2.04. The van der Waals surface area contributed by atoms with Gasteiger partial charge in [-0.2, -0.15) is 0 Å². The molecule has 0 bridgehead atoms. The molecule has 1 atom stereocenters. The average molecular weight is 292 g/mol. The summed E-state index contributed by atoms with van der Waals surface area (Å²) in [5.41, 5.74) is 0.880. The third kappa shape index (κ3) is 6.29. The lowest BCUT2D eigenvalue weighted by Gasteiger charge is -2.17. The van der Waals surface area contributed by atoms with E-state index in [4.69, 9.17) is 0 Å². The minimum Gasteiger partial charge on any atom is -0.480 e. The Kier molecular flexibility index (Phi) is 7.29. The number of urea groups is 1. The number of benzene rings is 1. The standard InChI is InChI=1S/C16H24N2O3/c1-3-12(4-2)11-17-16(21)18-14(15(19)20)10-13-8-6-5-7-9-13/h5-9,12,14H,3-4,10-11H2,1-2H3,(H,19,20)(H2,17,18,21)/t14-/m0/s1. The largest absolute Gasteiger partial charge is 0.480 e. The van der Waals surface area contributed by atoms with Crippen LogP contribution in [0.4, 0.5) is 4.79 Å². The smallest absolute Gasteiger partial charge is 0.326 e. The van der Waals surface area contributed by atoms with Crippen molar-refractivity contribution in [2.24, 2.45) is 5.92 Å². The zero-order valence-electron chi connectivity index (χ0n) is 12.6. The lowest BCUT2D eigenvalue weighted by molar-refractivity contribution is -0.139. The first kappa shape index (κ1) is 17.0. The van der Waals surface area contributed by atoms with Crippen LogP contribution in [0.25, 0.3) is 0 Å². The Morgan fingerprint density at radius 1 is 1.14 bits per heavy atom. The highest BCUT2D eigenvalue weighted by Crippen LogP contribution is 2.06. The summed E-state index contributed by atoms with van der Waals surface area (Å²) in [5, 5.41) is 14.5. The van der Waals surface area contributed by atoms with E-state index >= 15 is 0 Å². The van der Waals surface area contributed by atoms with Gasteiger partial charge < -0.3 is 15.7 Å². The molecule has 0 aliphatic rings. The number of rotatable bonds is 8. The van der Waals surface area contributed by atoms with Crippen LogP contribution in [0.1, 0.15) is 32.3 Å². The van der Waals surface area contributed by atoms with E-state index in [1.54, 1.807) is 0 Å². The molecule has 0 unspecified atom stereocenters. The topological polar surface area (TPSA) is 78.4 Å². The molecule has 2 amide bonds. The van der Waals surface area contributed by atoms with E-state index in [0.29, 0.717) is 12.5 Å². The summed E-state index contributed by atoms with van der Waals surface area (Å²) < 4.78 is 0. The van der Waals surface area contributed by atoms with Gasteiger partial charge in [-0.25, -0.2) is 9.59 Å². The molecule has 21 heavy (non-hydrogen) atoms. The third-order valence-corrected chi connectivity index (χ3v) is 3.59. The first-order chi connectivity index (χ1) is 10.1.